The molecular formula is C18H14N4O5S. The number of nitrogens with zero attached hydrogens (tertiary/aromatic N) is 2. The van der Waals surface area contributed by atoms with Crippen LogP contribution in [0.25, 0.3) is 0 Å². The molecule has 3 aromatic rings. The first-order chi connectivity index (χ1) is 13.3. The van der Waals surface area contributed by atoms with E-state index in [9.17, 15) is 18.0 Å². The van der Waals surface area contributed by atoms with E-state index in [-0.39, 0.29) is 15.6 Å². The number of hydrogen-bond acceptors (Lipinski definition) is 8. The fourth-order valence-corrected chi connectivity index (χ4v) is 2.68. The Balaban J connectivity index is 1.91. The number of benzene rings is 3. The van der Waals surface area contributed by atoms with E-state index in [1.807, 2.05) is 6.07 Å². The minimum atomic E-state index is -4.30. The monoisotopic (exact) mass is 398 g/mol. The summed E-state index contributed by atoms with van der Waals surface area (Å²) >= 11 is 0. The molecular weight excluding hydrogens is 384 g/mol. The molecule has 0 aliphatic heterocycles. The number of anilines is 2. The maximum Gasteiger partial charge on any atom is 0.294 e. The van der Waals surface area contributed by atoms with Gasteiger partial charge in [0.25, 0.3) is 10.1 Å². The van der Waals surface area contributed by atoms with Gasteiger partial charge in [0, 0.05) is 0 Å². The third-order valence-electron chi connectivity index (χ3n) is 3.60. The Kier molecular flexibility index (Phi) is 5.43. The minimum Gasteiger partial charge on any atom is -0.287 e. The maximum absolute atomic E-state index is 12.4. The molecule has 0 atom stereocenters. The summed E-state index contributed by atoms with van der Waals surface area (Å²) in [6.07, 6.45) is 0. The molecule has 3 aromatic carbocycles. The molecule has 0 fully saturated rings. The lowest BCUT2D eigenvalue weighted by Crippen LogP contribution is -2.47. The highest BCUT2D eigenvalue weighted by Gasteiger charge is 2.08. The zero-order valence-corrected chi connectivity index (χ0v) is 15.1. The van der Waals surface area contributed by atoms with Gasteiger partial charge in [0.15, 0.2) is 5.36 Å². The second-order valence-corrected chi connectivity index (χ2v) is 6.99. The molecule has 28 heavy (non-hydrogen) atoms. The summed E-state index contributed by atoms with van der Waals surface area (Å²) in [5.41, 5.74) is 5.00. The third-order valence-corrected chi connectivity index (χ3v) is 4.47. The van der Waals surface area contributed by atoms with E-state index < -0.39 is 21.0 Å². The Bertz CT molecular complexity index is 1310. The lowest BCUT2D eigenvalue weighted by atomic mass is 10.3. The lowest BCUT2D eigenvalue weighted by Gasteiger charge is -2.01. The molecule has 142 valence electrons. The van der Waals surface area contributed by atoms with Gasteiger partial charge in [-0.25, -0.2) is 0 Å². The van der Waals surface area contributed by atoms with Crippen LogP contribution in [0.4, 0.5) is 11.4 Å². The summed E-state index contributed by atoms with van der Waals surface area (Å²) in [7, 11) is -4.30. The highest BCUT2D eigenvalue weighted by atomic mass is 32.2. The van der Waals surface area contributed by atoms with Crippen molar-refractivity contribution < 1.29 is 13.0 Å². The van der Waals surface area contributed by atoms with Gasteiger partial charge in [-0.2, -0.15) is 18.6 Å². The maximum atomic E-state index is 12.4. The van der Waals surface area contributed by atoms with E-state index >= 15 is 0 Å². The molecule has 0 amide bonds. The van der Waals surface area contributed by atoms with E-state index in [0.717, 1.165) is 0 Å². The van der Waals surface area contributed by atoms with Crippen LogP contribution in [0.2, 0.25) is 0 Å². The standard InChI is InChI=1S/C18H14N4O5S/c23-16-11-10-15(18(24)17(16)22-20-12-4-2-1-3-5-12)21-19-13-6-8-14(9-7-13)28(25,26)27/h1-11,19-20H,(H,25,26,27)/b21-15+,22-17+. The van der Waals surface area contributed by atoms with Gasteiger partial charge in [-0.1, -0.05) is 18.2 Å². The summed E-state index contributed by atoms with van der Waals surface area (Å²) in [4.78, 5) is 24.1. The number of nitrogens with one attached hydrogen (secondary N) is 2. The number of para-hydroxylation sites is 1. The molecule has 0 bridgehead atoms. The molecule has 3 rings (SSSR count). The molecule has 3 N–H and O–H groups in total. The van der Waals surface area contributed by atoms with Crippen molar-refractivity contribution in [3.63, 3.8) is 0 Å². The molecule has 10 heteroatoms. The Morgan fingerprint density at radius 1 is 0.750 bits per heavy atom. The Hall–Kier alpha value is -3.63. The normalized spacial score (nSPS) is 12.8. The van der Waals surface area contributed by atoms with Gasteiger partial charge in [-0.3, -0.25) is 25.0 Å². The molecule has 0 aromatic heterocycles. The third kappa shape index (κ3) is 4.55. The molecule has 0 aliphatic carbocycles. The van der Waals surface area contributed by atoms with E-state index in [1.54, 1.807) is 24.3 Å². The van der Waals surface area contributed by atoms with Crippen LogP contribution in [0.3, 0.4) is 0 Å². The van der Waals surface area contributed by atoms with Crippen molar-refractivity contribution in [2.24, 2.45) is 10.2 Å². The average Bonchev–Trinajstić information content (AvgIpc) is 2.68. The van der Waals surface area contributed by atoms with E-state index in [4.69, 9.17) is 4.55 Å². The quantitative estimate of drug-likeness (QED) is 0.417. The number of hydrogen-bond donors (Lipinski definition) is 3. The first kappa shape index (κ1) is 19.1. The molecule has 0 radical (unpaired) electrons. The summed E-state index contributed by atoms with van der Waals surface area (Å²) < 4.78 is 31.0. The lowest BCUT2D eigenvalue weighted by molar-refractivity contribution is 0.483. The van der Waals surface area contributed by atoms with Crippen molar-refractivity contribution in [3.05, 3.63) is 97.9 Å². The van der Waals surface area contributed by atoms with Gasteiger partial charge in [-0.15, -0.1) is 0 Å². The second kappa shape index (κ2) is 7.94. The zero-order chi connectivity index (χ0) is 20.1. The largest absolute Gasteiger partial charge is 0.294 e. The van der Waals surface area contributed by atoms with E-state index in [0.29, 0.717) is 11.4 Å². The van der Waals surface area contributed by atoms with Crippen molar-refractivity contribution in [3.8, 4) is 0 Å². The van der Waals surface area contributed by atoms with Crippen LogP contribution in [0, 0.1) is 0 Å². The van der Waals surface area contributed by atoms with Gasteiger partial charge < -0.3 is 0 Å². The fourth-order valence-electron chi connectivity index (χ4n) is 2.20. The molecule has 0 unspecified atom stereocenters. The fraction of sp³-hybridized carbons (Fsp3) is 0. The van der Waals surface area contributed by atoms with Crippen molar-refractivity contribution in [1.82, 2.24) is 0 Å². The predicted molar refractivity (Wildman–Crippen MR) is 102 cm³/mol. The molecule has 0 saturated carbocycles. The van der Waals surface area contributed by atoms with Crippen LogP contribution in [0.15, 0.2) is 91.4 Å². The van der Waals surface area contributed by atoms with Crippen molar-refractivity contribution in [1.29, 1.82) is 0 Å². The second-order valence-electron chi connectivity index (χ2n) is 5.57. The molecule has 0 aliphatic rings. The Labute approximate surface area is 158 Å². The molecule has 0 spiro atoms. The average molecular weight is 398 g/mol. The molecule has 0 heterocycles. The van der Waals surface area contributed by atoms with Crippen molar-refractivity contribution in [2.75, 3.05) is 10.9 Å². The van der Waals surface area contributed by atoms with Gasteiger partial charge >= 0.3 is 0 Å². The van der Waals surface area contributed by atoms with Crippen LogP contribution < -0.4 is 32.4 Å². The highest BCUT2D eigenvalue weighted by molar-refractivity contribution is 7.85. The van der Waals surface area contributed by atoms with Crippen molar-refractivity contribution in [2.45, 2.75) is 4.90 Å². The summed E-state index contributed by atoms with van der Waals surface area (Å²) in [6.45, 7) is 0. The summed E-state index contributed by atoms with van der Waals surface area (Å²) in [5.74, 6) is 0. The summed E-state index contributed by atoms with van der Waals surface area (Å²) in [5, 5.41) is 7.44. The first-order valence-corrected chi connectivity index (χ1v) is 9.36. The van der Waals surface area contributed by atoms with Crippen LogP contribution in [-0.2, 0) is 10.1 Å². The van der Waals surface area contributed by atoms with E-state index in [2.05, 4.69) is 21.1 Å². The smallest absolute Gasteiger partial charge is 0.287 e. The summed E-state index contributed by atoms with van der Waals surface area (Å²) in [6, 6.07) is 16.3. The Morgan fingerprint density at radius 2 is 1.36 bits per heavy atom. The minimum absolute atomic E-state index is 0.0490. The zero-order valence-electron chi connectivity index (χ0n) is 14.2. The van der Waals surface area contributed by atoms with Crippen LogP contribution in [-0.4, -0.2) is 13.0 Å². The van der Waals surface area contributed by atoms with Gasteiger partial charge in [0.05, 0.1) is 16.3 Å². The van der Waals surface area contributed by atoms with Gasteiger partial charge in [0.2, 0.25) is 10.9 Å². The first-order valence-electron chi connectivity index (χ1n) is 7.92. The van der Waals surface area contributed by atoms with Crippen LogP contribution >= 0.6 is 0 Å². The molecule has 0 saturated heterocycles. The van der Waals surface area contributed by atoms with E-state index in [1.165, 1.54) is 36.4 Å². The predicted octanol–water partition coefficient (Wildman–Crippen LogP) is 0.385. The topological polar surface area (TPSA) is 137 Å². The van der Waals surface area contributed by atoms with Gasteiger partial charge in [-0.05, 0) is 48.5 Å². The molecule has 9 nitrogen and oxygen atoms in total. The number of rotatable bonds is 5. The van der Waals surface area contributed by atoms with Crippen molar-refractivity contribution >= 4 is 21.5 Å². The van der Waals surface area contributed by atoms with Gasteiger partial charge in [0.1, 0.15) is 5.36 Å². The van der Waals surface area contributed by atoms with Crippen LogP contribution in [0.5, 0.6) is 0 Å². The highest BCUT2D eigenvalue weighted by Crippen LogP contribution is 2.13. The Morgan fingerprint density at radius 3 is 2.00 bits per heavy atom. The van der Waals surface area contributed by atoms with Crippen LogP contribution in [0.1, 0.15) is 0 Å². The SMILES string of the molecule is O=c1cc/c(=N\Nc2ccc(S(=O)(=O)O)cc2)c(=O)/c1=N/Nc1ccccc1.